The molecule has 0 saturated heterocycles. The molecule has 8 heteroatoms. The number of nitrogens with two attached hydrogens (primary N) is 1. The second kappa shape index (κ2) is 6.66. The number of hydrogen-bond donors (Lipinski definition) is 3. The predicted octanol–water partition coefficient (Wildman–Crippen LogP) is 4.59. The number of nitrogen functional groups attached to an aromatic ring is 1. The highest BCUT2D eigenvalue weighted by atomic mass is 35.5. The van der Waals surface area contributed by atoms with E-state index in [0.717, 1.165) is 5.56 Å². The first-order valence-corrected chi connectivity index (χ1v) is 7.30. The van der Waals surface area contributed by atoms with Crippen molar-refractivity contribution in [3.63, 3.8) is 0 Å². The van der Waals surface area contributed by atoms with Crippen molar-refractivity contribution >= 4 is 52.1 Å². The molecule has 0 aliphatic carbocycles. The molecule has 0 aliphatic rings. The number of hydrogen-bond acceptors (Lipinski definition) is 5. The summed E-state index contributed by atoms with van der Waals surface area (Å²) in [5.41, 5.74) is 4.02. The van der Waals surface area contributed by atoms with E-state index in [2.05, 4.69) is 20.7 Å². The van der Waals surface area contributed by atoms with Crippen LogP contribution in [0.25, 0.3) is 0 Å². The molecule has 0 unspecified atom stereocenters. The lowest BCUT2D eigenvalue weighted by Gasteiger charge is -2.17. The van der Waals surface area contributed by atoms with Crippen molar-refractivity contribution in [1.82, 2.24) is 9.97 Å². The van der Waals surface area contributed by atoms with Gasteiger partial charge < -0.3 is 10.7 Å². The van der Waals surface area contributed by atoms with Crippen molar-refractivity contribution in [2.75, 3.05) is 10.7 Å². The number of halogens is 3. The Kier molecular flexibility index (Phi) is 5.11. The summed E-state index contributed by atoms with van der Waals surface area (Å²) in [5.74, 6) is 6.81. The number of nitrogens with zero attached hydrogens (tertiary/aromatic N) is 2. The lowest BCUT2D eigenvalue weighted by atomic mass is 10.0. The van der Waals surface area contributed by atoms with Crippen LogP contribution in [-0.4, -0.2) is 9.97 Å². The molecule has 0 amide bonds. The Balaban J connectivity index is 2.47. The molecule has 0 atom stereocenters. The van der Waals surface area contributed by atoms with Gasteiger partial charge >= 0.3 is 0 Å². The molecular formula is C13H14Cl3N5. The van der Waals surface area contributed by atoms with Crippen molar-refractivity contribution in [3.8, 4) is 0 Å². The van der Waals surface area contributed by atoms with Gasteiger partial charge in [0.25, 0.3) is 0 Å². The molecule has 5 nitrogen and oxygen atoms in total. The number of rotatable bonds is 4. The van der Waals surface area contributed by atoms with Gasteiger partial charge in [0.05, 0.1) is 20.8 Å². The summed E-state index contributed by atoms with van der Waals surface area (Å²) < 4.78 is 0. The number of benzene rings is 1. The van der Waals surface area contributed by atoms with Crippen LogP contribution >= 0.6 is 34.8 Å². The Labute approximate surface area is 137 Å². The molecule has 112 valence electrons. The van der Waals surface area contributed by atoms with Crippen molar-refractivity contribution in [3.05, 3.63) is 39.1 Å². The van der Waals surface area contributed by atoms with E-state index in [1.54, 1.807) is 12.1 Å². The number of anilines is 3. The topological polar surface area (TPSA) is 75.9 Å². The minimum Gasteiger partial charge on any atom is -0.339 e. The quantitative estimate of drug-likeness (QED) is 0.429. The summed E-state index contributed by atoms with van der Waals surface area (Å²) in [4.78, 5) is 8.35. The average molecular weight is 347 g/mol. The molecule has 0 spiro atoms. The molecule has 2 rings (SSSR count). The maximum atomic E-state index is 6.17. The van der Waals surface area contributed by atoms with E-state index in [9.17, 15) is 0 Å². The third-order valence-electron chi connectivity index (χ3n) is 2.86. The van der Waals surface area contributed by atoms with Gasteiger partial charge in [-0.3, -0.25) is 0 Å². The standard InChI is InChI=1S/C13H14Cl3N5/c1-6(2)11-12(18-5-19-13(11)21-17)20-10-4-8(15)7(14)3-9(10)16/h3-6H,17H2,1-2H3,(H2,18,19,20,21). The molecule has 0 aliphatic heterocycles. The number of aromatic nitrogens is 2. The summed E-state index contributed by atoms with van der Waals surface area (Å²) in [6, 6.07) is 3.22. The van der Waals surface area contributed by atoms with E-state index in [4.69, 9.17) is 40.6 Å². The summed E-state index contributed by atoms with van der Waals surface area (Å²) in [6.07, 6.45) is 1.41. The Hall–Kier alpha value is -1.27. The highest BCUT2D eigenvalue weighted by Gasteiger charge is 2.16. The summed E-state index contributed by atoms with van der Waals surface area (Å²) in [6.45, 7) is 4.03. The first-order chi connectivity index (χ1) is 9.93. The van der Waals surface area contributed by atoms with E-state index in [0.29, 0.717) is 32.4 Å². The van der Waals surface area contributed by atoms with Crippen molar-refractivity contribution in [1.29, 1.82) is 0 Å². The van der Waals surface area contributed by atoms with Gasteiger partial charge in [-0.05, 0) is 18.1 Å². The third-order valence-corrected chi connectivity index (χ3v) is 3.90. The van der Waals surface area contributed by atoms with E-state index in [1.165, 1.54) is 6.33 Å². The van der Waals surface area contributed by atoms with Crippen molar-refractivity contribution in [2.45, 2.75) is 19.8 Å². The first-order valence-electron chi connectivity index (χ1n) is 6.17. The van der Waals surface area contributed by atoms with Crippen LogP contribution in [0, 0.1) is 0 Å². The molecule has 0 fully saturated rings. The van der Waals surface area contributed by atoms with Crippen LogP contribution in [0.1, 0.15) is 25.3 Å². The molecule has 0 saturated carbocycles. The van der Waals surface area contributed by atoms with Crippen LogP contribution in [0.4, 0.5) is 17.3 Å². The fraction of sp³-hybridized carbons (Fsp3) is 0.231. The fourth-order valence-corrected chi connectivity index (χ4v) is 2.50. The molecular weight excluding hydrogens is 333 g/mol. The molecule has 1 heterocycles. The minimum absolute atomic E-state index is 0.154. The van der Waals surface area contributed by atoms with Gasteiger partial charge in [0.2, 0.25) is 0 Å². The highest BCUT2D eigenvalue weighted by molar-refractivity contribution is 6.44. The molecule has 1 aromatic heterocycles. The minimum atomic E-state index is 0.154. The summed E-state index contributed by atoms with van der Waals surface area (Å²) >= 11 is 18.1. The molecule has 2 aromatic rings. The average Bonchev–Trinajstić information content (AvgIpc) is 2.44. The van der Waals surface area contributed by atoms with Gasteiger partial charge in [0, 0.05) is 5.56 Å². The van der Waals surface area contributed by atoms with E-state index in [1.807, 2.05) is 13.8 Å². The lowest BCUT2D eigenvalue weighted by Crippen LogP contribution is -2.14. The van der Waals surface area contributed by atoms with E-state index < -0.39 is 0 Å². The summed E-state index contributed by atoms with van der Waals surface area (Å²) in [7, 11) is 0. The molecule has 0 radical (unpaired) electrons. The zero-order chi connectivity index (χ0) is 15.6. The van der Waals surface area contributed by atoms with Crippen molar-refractivity contribution in [2.24, 2.45) is 5.84 Å². The normalized spacial score (nSPS) is 10.8. The SMILES string of the molecule is CC(C)c1c(NN)ncnc1Nc1cc(Cl)c(Cl)cc1Cl. The predicted molar refractivity (Wildman–Crippen MR) is 88.7 cm³/mol. The fourth-order valence-electron chi connectivity index (χ4n) is 1.90. The highest BCUT2D eigenvalue weighted by Crippen LogP contribution is 2.36. The maximum absolute atomic E-state index is 6.17. The van der Waals surface area contributed by atoms with E-state index in [-0.39, 0.29) is 5.92 Å². The zero-order valence-electron chi connectivity index (χ0n) is 11.4. The second-order valence-corrected chi connectivity index (χ2v) is 5.88. The van der Waals surface area contributed by atoms with E-state index >= 15 is 0 Å². The number of nitrogens with one attached hydrogen (secondary N) is 2. The van der Waals surface area contributed by atoms with Gasteiger partial charge in [-0.1, -0.05) is 48.7 Å². The molecule has 0 bridgehead atoms. The van der Waals surface area contributed by atoms with Crippen LogP contribution in [0.2, 0.25) is 15.1 Å². The van der Waals surface area contributed by atoms with Gasteiger partial charge in [-0.2, -0.15) is 0 Å². The smallest absolute Gasteiger partial charge is 0.148 e. The van der Waals surface area contributed by atoms with Crippen LogP contribution in [0.5, 0.6) is 0 Å². The molecule has 21 heavy (non-hydrogen) atoms. The monoisotopic (exact) mass is 345 g/mol. The molecule has 4 N–H and O–H groups in total. The number of hydrazine groups is 1. The lowest BCUT2D eigenvalue weighted by molar-refractivity contribution is 0.850. The first kappa shape index (κ1) is 16.1. The van der Waals surface area contributed by atoms with Gasteiger partial charge in [0.1, 0.15) is 18.0 Å². The largest absolute Gasteiger partial charge is 0.339 e. The van der Waals surface area contributed by atoms with Crippen molar-refractivity contribution < 1.29 is 0 Å². The Morgan fingerprint density at radius 2 is 1.62 bits per heavy atom. The second-order valence-electron chi connectivity index (χ2n) is 4.65. The Morgan fingerprint density at radius 1 is 1.00 bits per heavy atom. The molecule has 1 aromatic carbocycles. The van der Waals surface area contributed by atoms with Crippen LogP contribution in [0.15, 0.2) is 18.5 Å². The van der Waals surface area contributed by atoms with Gasteiger partial charge in [-0.25, -0.2) is 15.8 Å². The van der Waals surface area contributed by atoms with Crippen LogP contribution in [-0.2, 0) is 0 Å². The Bertz CT molecular complexity index is 660. The van der Waals surface area contributed by atoms with Crippen LogP contribution < -0.4 is 16.6 Å². The summed E-state index contributed by atoms with van der Waals surface area (Å²) in [5, 5.41) is 4.38. The van der Waals surface area contributed by atoms with Crippen LogP contribution in [0.3, 0.4) is 0 Å². The maximum Gasteiger partial charge on any atom is 0.148 e. The van der Waals surface area contributed by atoms with Gasteiger partial charge in [-0.15, -0.1) is 0 Å². The zero-order valence-corrected chi connectivity index (χ0v) is 13.7. The Morgan fingerprint density at radius 3 is 2.24 bits per heavy atom. The van der Waals surface area contributed by atoms with Gasteiger partial charge in [0.15, 0.2) is 0 Å². The third kappa shape index (κ3) is 3.49.